The highest BCUT2D eigenvalue weighted by molar-refractivity contribution is 6.62. The second-order valence-corrected chi connectivity index (χ2v) is 6.07. The van der Waals surface area contributed by atoms with Gasteiger partial charge in [0, 0.05) is 30.3 Å². The molecule has 5 nitrogen and oxygen atoms in total. The molecule has 1 fully saturated rings. The lowest BCUT2D eigenvalue weighted by atomic mass is 9.80. The van der Waals surface area contributed by atoms with E-state index in [1.165, 1.54) is 0 Å². The van der Waals surface area contributed by atoms with Crippen molar-refractivity contribution in [2.45, 2.75) is 38.9 Å². The third kappa shape index (κ3) is 1.95. The van der Waals surface area contributed by atoms with E-state index in [9.17, 15) is 0 Å². The summed E-state index contributed by atoms with van der Waals surface area (Å²) < 4.78 is 13.8. The Morgan fingerprint density at radius 2 is 1.79 bits per heavy atom. The van der Waals surface area contributed by atoms with Gasteiger partial charge in [-0.1, -0.05) is 0 Å². The van der Waals surface area contributed by atoms with E-state index in [0.717, 1.165) is 16.5 Å². The first kappa shape index (κ1) is 12.6. The molecule has 0 aliphatic carbocycles. The molecule has 6 heteroatoms. The van der Waals surface area contributed by atoms with Crippen molar-refractivity contribution < 1.29 is 9.31 Å². The molecule has 2 aromatic rings. The smallest absolute Gasteiger partial charge is 0.399 e. The predicted molar refractivity (Wildman–Crippen MR) is 74.2 cm³/mol. The van der Waals surface area contributed by atoms with Crippen LogP contribution in [-0.4, -0.2) is 33.1 Å². The summed E-state index contributed by atoms with van der Waals surface area (Å²) in [5.41, 5.74) is 1.00. The van der Waals surface area contributed by atoms with Gasteiger partial charge in [-0.2, -0.15) is 5.10 Å². The molecule has 0 N–H and O–H groups in total. The van der Waals surface area contributed by atoms with Gasteiger partial charge in [-0.3, -0.25) is 4.68 Å². The number of pyridine rings is 1. The molecule has 0 atom stereocenters. The minimum Gasteiger partial charge on any atom is -0.399 e. The topological polar surface area (TPSA) is 49.2 Å². The number of nitrogens with zero attached hydrogens (tertiary/aromatic N) is 3. The molecule has 0 spiro atoms. The molecule has 0 unspecified atom stereocenters. The van der Waals surface area contributed by atoms with Gasteiger partial charge >= 0.3 is 7.12 Å². The van der Waals surface area contributed by atoms with E-state index in [0.29, 0.717) is 0 Å². The first-order valence-corrected chi connectivity index (χ1v) is 6.43. The first-order valence-electron chi connectivity index (χ1n) is 6.43. The van der Waals surface area contributed by atoms with Crippen molar-refractivity contribution in [3.8, 4) is 0 Å². The van der Waals surface area contributed by atoms with Gasteiger partial charge in [0.15, 0.2) is 5.65 Å². The molecular formula is C13H18BN3O2. The molecule has 1 aliphatic rings. The van der Waals surface area contributed by atoms with Gasteiger partial charge in [-0.25, -0.2) is 4.98 Å². The fourth-order valence-corrected chi connectivity index (χ4v) is 2.16. The monoisotopic (exact) mass is 259 g/mol. The Morgan fingerprint density at radius 3 is 2.42 bits per heavy atom. The minimum atomic E-state index is -0.373. The number of rotatable bonds is 1. The van der Waals surface area contributed by atoms with E-state index in [4.69, 9.17) is 9.31 Å². The van der Waals surface area contributed by atoms with Crippen LogP contribution in [0.3, 0.4) is 0 Å². The highest BCUT2D eigenvalue weighted by Crippen LogP contribution is 2.36. The number of aromatic nitrogens is 3. The van der Waals surface area contributed by atoms with E-state index in [2.05, 4.69) is 10.1 Å². The van der Waals surface area contributed by atoms with Crippen LogP contribution in [0.2, 0.25) is 0 Å². The molecule has 2 aromatic heterocycles. The summed E-state index contributed by atoms with van der Waals surface area (Å²) >= 11 is 0. The van der Waals surface area contributed by atoms with Crippen molar-refractivity contribution in [3.63, 3.8) is 0 Å². The van der Waals surface area contributed by atoms with Crippen LogP contribution in [-0.2, 0) is 16.4 Å². The second-order valence-electron chi connectivity index (χ2n) is 6.07. The summed E-state index contributed by atoms with van der Waals surface area (Å²) in [6.45, 7) is 8.18. The molecule has 19 heavy (non-hydrogen) atoms. The van der Waals surface area contributed by atoms with Crippen LogP contribution >= 0.6 is 0 Å². The van der Waals surface area contributed by atoms with Gasteiger partial charge in [-0.05, 0) is 33.8 Å². The van der Waals surface area contributed by atoms with Crippen LogP contribution in [0.25, 0.3) is 11.0 Å². The fraction of sp³-hybridized carbons (Fsp3) is 0.538. The van der Waals surface area contributed by atoms with E-state index in [-0.39, 0.29) is 18.3 Å². The predicted octanol–water partition coefficient (Wildman–Crippen LogP) is 1.27. The summed E-state index contributed by atoms with van der Waals surface area (Å²) in [4.78, 5) is 4.35. The molecule has 1 saturated heterocycles. The van der Waals surface area contributed by atoms with Crippen molar-refractivity contribution in [2.75, 3.05) is 0 Å². The molecule has 3 rings (SSSR count). The van der Waals surface area contributed by atoms with Gasteiger partial charge < -0.3 is 9.31 Å². The average Bonchev–Trinajstić information content (AvgIpc) is 2.74. The Bertz CT molecular complexity index is 620. The van der Waals surface area contributed by atoms with Gasteiger partial charge in [0.05, 0.1) is 11.2 Å². The van der Waals surface area contributed by atoms with Gasteiger partial charge in [0.1, 0.15) is 0 Å². The maximum Gasteiger partial charge on any atom is 0.496 e. The maximum atomic E-state index is 6.02. The summed E-state index contributed by atoms with van der Waals surface area (Å²) in [5.74, 6) is 0. The van der Waals surface area contributed by atoms with E-state index in [1.54, 1.807) is 10.9 Å². The fourth-order valence-electron chi connectivity index (χ4n) is 2.16. The van der Waals surface area contributed by atoms with E-state index in [1.807, 2.05) is 47.0 Å². The Kier molecular flexibility index (Phi) is 2.53. The van der Waals surface area contributed by atoms with Crippen LogP contribution < -0.4 is 5.46 Å². The SMILES string of the molecule is Cn1cc2cc(B3OC(C)(C)C(C)(C)O3)cnc2n1. The Hall–Kier alpha value is -1.40. The highest BCUT2D eigenvalue weighted by atomic mass is 16.7. The summed E-state index contributed by atoms with van der Waals surface area (Å²) in [6, 6.07) is 2.03. The lowest BCUT2D eigenvalue weighted by molar-refractivity contribution is 0.00578. The van der Waals surface area contributed by atoms with Crippen LogP contribution in [0, 0.1) is 0 Å². The zero-order valence-corrected chi connectivity index (χ0v) is 12.0. The van der Waals surface area contributed by atoms with Crippen molar-refractivity contribution >= 4 is 23.6 Å². The summed E-state index contributed by atoms with van der Waals surface area (Å²) in [5, 5.41) is 5.26. The standard InChI is InChI=1S/C13H18BN3O2/c1-12(2)13(3,4)19-14(18-12)10-6-9-8-17(5)16-11(9)15-7-10/h6-8H,1-5H3. The third-order valence-electron chi connectivity index (χ3n) is 4.02. The van der Waals surface area contributed by atoms with Crippen molar-refractivity contribution in [1.82, 2.24) is 14.8 Å². The summed E-state index contributed by atoms with van der Waals surface area (Å²) in [6.07, 6.45) is 3.72. The zero-order chi connectivity index (χ0) is 13.8. The van der Waals surface area contributed by atoms with Crippen LogP contribution in [0.15, 0.2) is 18.5 Å². The molecule has 0 saturated carbocycles. The quantitative estimate of drug-likeness (QED) is 0.723. The highest BCUT2D eigenvalue weighted by Gasteiger charge is 2.51. The van der Waals surface area contributed by atoms with Gasteiger partial charge in [-0.15, -0.1) is 0 Å². The normalized spacial score (nSPS) is 21.2. The number of fused-ring (bicyclic) bond motifs is 1. The average molecular weight is 259 g/mol. The number of hydrogen-bond donors (Lipinski definition) is 0. The molecular weight excluding hydrogens is 241 g/mol. The van der Waals surface area contributed by atoms with Crippen molar-refractivity contribution in [1.29, 1.82) is 0 Å². The molecule has 0 aromatic carbocycles. The van der Waals surface area contributed by atoms with Crippen molar-refractivity contribution in [2.24, 2.45) is 7.05 Å². The Labute approximate surface area is 113 Å². The number of aryl methyl sites for hydroxylation is 1. The van der Waals surface area contributed by atoms with E-state index < -0.39 is 0 Å². The van der Waals surface area contributed by atoms with Gasteiger partial charge in [0.25, 0.3) is 0 Å². The van der Waals surface area contributed by atoms with E-state index >= 15 is 0 Å². The lowest BCUT2D eigenvalue weighted by Gasteiger charge is -2.32. The van der Waals surface area contributed by atoms with Crippen LogP contribution in [0.5, 0.6) is 0 Å². The maximum absolute atomic E-state index is 6.02. The van der Waals surface area contributed by atoms with Crippen molar-refractivity contribution in [3.05, 3.63) is 18.5 Å². The van der Waals surface area contributed by atoms with Gasteiger partial charge in [0.2, 0.25) is 0 Å². The Morgan fingerprint density at radius 1 is 1.16 bits per heavy atom. The van der Waals surface area contributed by atoms with Crippen LogP contribution in [0.4, 0.5) is 0 Å². The summed E-state index contributed by atoms with van der Waals surface area (Å²) in [7, 11) is 1.51. The molecule has 0 radical (unpaired) electrons. The number of hydrogen-bond acceptors (Lipinski definition) is 4. The second kappa shape index (κ2) is 3.80. The molecule has 3 heterocycles. The minimum absolute atomic E-state index is 0.332. The van der Waals surface area contributed by atoms with Crippen LogP contribution in [0.1, 0.15) is 27.7 Å². The third-order valence-corrected chi connectivity index (χ3v) is 4.02. The Balaban J connectivity index is 1.97. The first-order chi connectivity index (χ1) is 8.78. The largest absolute Gasteiger partial charge is 0.496 e. The molecule has 100 valence electrons. The lowest BCUT2D eigenvalue weighted by Crippen LogP contribution is -2.41. The molecule has 0 amide bonds. The molecule has 0 bridgehead atoms. The molecule has 1 aliphatic heterocycles. The zero-order valence-electron chi connectivity index (χ0n) is 12.0.